The Morgan fingerprint density at radius 3 is 2.69 bits per heavy atom. The fourth-order valence-corrected chi connectivity index (χ4v) is 3.14. The Morgan fingerprint density at radius 2 is 1.96 bits per heavy atom. The summed E-state index contributed by atoms with van der Waals surface area (Å²) in [4.78, 5) is 13.7. The molecule has 7 heteroatoms. The maximum atomic E-state index is 5.53. The maximum absolute atomic E-state index is 5.53. The van der Waals surface area contributed by atoms with Crippen molar-refractivity contribution in [2.75, 3.05) is 32.7 Å². The number of hydrogen-bond donors (Lipinski definition) is 1. The molecule has 0 aliphatic heterocycles. The number of rotatable bonds is 7. The van der Waals surface area contributed by atoms with Gasteiger partial charge in [-0.1, -0.05) is 0 Å². The molecule has 0 radical (unpaired) electrons. The molecule has 0 amide bonds. The van der Waals surface area contributed by atoms with Crippen LogP contribution in [0.2, 0.25) is 0 Å². The first-order chi connectivity index (χ1) is 12.5. The van der Waals surface area contributed by atoms with Gasteiger partial charge in [0.15, 0.2) is 5.82 Å². The van der Waals surface area contributed by atoms with Gasteiger partial charge in [-0.25, -0.2) is 9.97 Å². The SMILES string of the molecule is COCCNc1nc(C)nc2ccn(Cc3ncc(C)c(OC)c3C)c12. The minimum Gasteiger partial charge on any atom is -0.496 e. The third kappa shape index (κ3) is 3.48. The van der Waals surface area contributed by atoms with Crippen LogP contribution in [-0.2, 0) is 11.3 Å². The number of ether oxygens (including phenoxy) is 2. The summed E-state index contributed by atoms with van der Waals surface area (Å²) in [6.07, 6.45) is 3.87. The summed E-state index contributed by atoms with van der Waals surface area (Å²) in [5, 5.41) is 3.35. The Balaban J connectivity index is 2.01. The van der Waals surface area contributed by atoms with Gasteiger partial charge < -0.3 is 19.4 Å². The Bertz CT molecular complexity index is 920. The number of aryl methyl sites for hydroxylation is 2. The number of methoxy groups -OCH3 is 2. The van der Waals surface area contributed by atoms with Gasteiger partial charge in [0.25, 0.3) is 0 Å². The predicted molar refractivity (Wildman–Crippen MR) is 102 cm³/mol. The van der Waals surface area contributed by atoms with Crippen molar-refractivity contribution in [2.45, 2.75) is 27.3 Å². The van der Waals surface area contributed by atoms with Crippen molar-refractivity contribution < 1.29 is 9.47 Å². The van der Waals surface area contributed by atoms with E-state index in [4.69, 9.17) is 9.47 Å². The quantitative estimate of drug-likeness (QED) is 0.657. The van der Waals surface area contributed by atoms with Gasteiger partial charge in [0.2, 0.25) is 0 Å². The molecule has 0 saturated carbocycles. The van der Waals surface area contributed by atoms with Crippen molar-refractivity contribution in [2.24, 2.45) is 0 Å². The number of pyridine rings is 1. The fourth-order valence-electron chi connectivity index (χ4n) is 3.14. The second-order valence-electron chi connectivity index (χ2n) is 6.26. The molecule has 138 valence electrons. The molecule has 0 aliphatic carbocycles. The number of nitrogens with zero attached hydrogens (tertiary/aromatic N) is 4. The lowest BCUT2D eigenvalue weighted by Crippen LogP contribution is -2.12. The Labute approximate surface area is 153 Å². The van der Waals surface area contributed by atoms with Gasteiger partial charge in [-0.3, -0.25) is 4.98 Å². The van der Waals surface area contributed by atoms with Crippen molar-refractivity contribution in [3.63, 3.8) is 0 Å². The Kier molecular flexibility index (Phi) is 5.37. The summed E-state index contributed by atoms with van der Waals surface area (Å²) in [7, 11) is 3.38. The van der Waals surface area contributed by atoms with Crippen LogP contribution in [0.1, 0.15) is 22.6 Å². The maximum Gasteiger partial charge on any atom is 0.154 e. The summed E-state index contributed by atoms with van der Waals surface area (Å²) >= 11 is 0. The van der Waals surface area contributed by atoms with E-state index in [-0.39, 0.29) is 0 Å². The van der Waals surface area contributed by atoms with Crippen molar-refractivity contribution in [1.29, 1.82) is 0 Å². The van der Waals surface area contributed by atoms with E-state index in [1.165, 1.54) is 0 Å². The molecule has 0 spiro atoms. The van der Waals surface area contributed by atoms with Crippen LogP contribution < -0.4 is 10.1 Å². The highest BCUT2D eigenvalue weighted by molar-refractivity contribution is 5.86. The normalized spacial score (nSPS) is 11.1. The number of hydrogen-bond acceptors (Lipinski definition) is 6. The second-order valence-corrected chi connectivity index (χ2v) is 6.26. The average Bonchev–Trinajstić information content (AvgIpc) is 3.00. The molecule has 0 bridgehead atoms. The van der Waals surface area contributed by atoms with Gasteiger partial charge in [-0.05, 0) is 26.8 Å². The van der Waals surface area contributed by atoms with Crippen molar-refractivity contribution in [3.05, 3.63) is 41.1 Å². The number of aromatic nitrogens is 4. The predicted octanol–water partition coefficient (Wildman–Crippen LogP) is 2.87. The van der Waals surface area contributed by atoms with Gasteiger partial charge in [0.1, 0.15) is 17.1 Å². The van der Waals surface area contributed by atoms with E-state index in [1.54, 1.807) is 14.2 Å². The third-order valence-corrected chi connectivity index (χ3v) is 4.39. The standard InChI is InChI=1S/C19H25N5O2/c1-12-10-21-16(13(2)18(12)26-5)11-24-8-6-15-17(24)19(20-7-9-25-4)23-14(3)22-15/h6,8,10H,7,9,11H2,1-5H3,(H,20,22,23). The van der Waals surface area contributed by atoms with E-state index in [0.717, 1.165) is 45.2 Å². The minimum atomic E-state index is 0.612. The summed E-state index contributed by atoms with van der Waals surface area (Å²) in [5.74, 6) is 2.43. The molecular formula is C19H25N5O2. The van der Waals surface area contributed by atoms with Gasteiger partial charge in [-0.2, -0.15) is 0 Å². The molecule has 3 rings (SSSR count). The summed E-state index contributed by atoms with van der Waals surface area (Å²) in [6, 6.07) is 2.01. The second kappa shape index (κ2) is 7.70. The average molecular weight is 355 g/mol. The molecule has 0 aromatic carbocycles. The van der Waals surface area contributed by atoms with Crippen LogP contribution in [0.4, 0.5) is 5.82 Å². The van der Waals surface area contributed by atoms with Crippen molar-refractivity contribution >= 4 is 16.9 Å². The molecule has 1 N–H and O–H groups in total. The zero-order valence-electron chi connectivity index (χ0n) is 16.0. The van der Waals surface area contributed by atoms with E-state index >= 15 is 0 Å². The number of anilines is 1. The monoisotopic (exact) mass is 355 g/mol. The van der Waals surface area contributed by atoms with Gasteiger partial charge in [0, 0.05) is 37.2 Å². The van der Waals surface area contributed by atoms with Crippen molar-refractivity contribution in [3.8, 4) is 5.75 Å². The van der Waals surface area contributed by atoms with Crippen LogP contribution in [0.25, 0.3) is 11.0 Å². The van der Waals surface area contributed by atoms with Gasteiger partial charge in [0.05, 0.1) is 31.5 Å². The topological polar surface area (TPSA) is 74.1 Å². The summed E-state index contributed by atoms with van der Waals surface area (Å²) < 4.78 is 12.8. The van der Waals surface area contributed by atoms with Crippen LogP contribution in [-0.4, -0.2) is 46.9 Å². The molecule has 0 fully saturated rings. The summed E-state index contributed by atoms with van der Waals surface area (Å²) in [5.41, 5.74) is 4.93. The Morgan fingerprint density at radius 1 is 1.15 bits per heavy atom. The molecule has 0 atom stereocenters. The van der Waals surface area contributed by atoms with Crippen LogP contribution in [0.15, 0.2) is 18.5 Å². The minimum absolute atomic E-state index is 0.612. The number of fused-ring (bicyclic) bond motifs is 1. The summed E-state index contributed by atoms with van der Waals surface area (Å²) in [6.45, 7) is 7.86. The highest BCUT2D eigenvalue weighted by Gasteiger charge is 2.14. The zero-order valence-corrected chi connectivity index (χ0v) is 16.0. The van der Waals surface area contributed by atoms with E-state index in [1.807, 2.05) is 39.2 Å². The van der Waals surface area contributed by atoms with E-state index in [0.29, 0.717) is 19.7 Å². The number of nitrogens with one attached hydrogen (secondary N) is 1. The van der Waals surface area contributed by atoms with E-state index in [2.05, 4.69) is 24.8 Å². The van der Waals surface area contributed by atoms with Crippen molar-refractivity contribution in [1.82, 2.24) is 19.5 Å². The molecular weight excluding hydrogens is 330 g/mol. The molecule has 3 heterocycles. The van der Waals surface area contributed by atoms with Gasteiger partial charge >= 0.3 is 0 Å². The molecule has 3 aromatic heterocycles. The first kappa shape index (κ1) is 18.1. The molecule has 7 nitrogen and oxygen atoms in total. The first-order valence-electron chi connectivity index (χ1n) is 8.60. The fraction of sp³-hybridized carbons (Fsp3) is 0.421. The molecule has 0 saturated heterocycles. The van der Waals surface area contributed by atoms with Gasteiger partial charge in [-0.15, -0.1) is 0 Å². The van der Waals surface area contributed by atoms with Crippen LogP contribution >= 0.6 is 0 Å². The largest absolute Gasteiger partial charge is 0.496 e. The molecule has 3 aromatic rings. The van der Waals surface area contributed by atoms with Crippen LogP contribution in [0, 0.1) is 20.8 Å². The highest BCUT2D eigenvalue weighted by Crippen LogP contribution is 2.27. The van der Waals surface area contributed by atoms with E-state index in [9.17, 15) is 0 Å². The zero-order chi connectivity index (χ0) is 18.7. The smallest absolute Gasteiger partial charge is 0.154 e. The molecule has 0 aliphatic rings. The van der Waals surface area contributed by atoms with Crippen LogP contribution in [0.3, 0.4) is 0 Å². The lowest BCUT2D eigenvalue weighted by atomic mass is 10.1. The molecule has 0 unspecified atom stereocenters. The van der Waals surface area contributed by atoms with E-state index < -0.39 is 0 Å². The molecule has 26 heavy (non-hydrogen) atoms. The highest BCUT2D eigenvalue weighted by atomic mass is 16.5. The third-order valence-electron chi connectivity index (χ3n) is 4.39. The lowest BCUT2D eigenvalue weighted by Gasteiger charge is -2.14. The lowest BCUT2D eigenvalue weighted by molar-refractivity contribution is 0.210. The first-order valence-corrected chi connectivity index (χ1v) is 8.60. The Hall–Kier alpha value is -2.67. The van der Waals surface area contributed by atoms with Crippen LogP contribution in [0.5, 0.6) is 5.75 Å².